The van der Waals surface area contributed by atoms with E-state index >= 15 is 0 Å². The maximum Gasteiger partial charge on any atom is 0.0172 e. The van der Waals surface area contributed by atoms with Crippen molar-refractivity contribution in [2.75, 3.05) is 0 Å². The van der Waals surface area contributed by atoms with E-state index in [0.717, 1.165) is 0 Å². The Morgan fingerprint density at radius 1 is 1.43 bits per heavy atom. The first kappa shape index (κ1) is 9.79. The van der Waals surface area contributed by atoms with Gasteiger partial charge in [0.2, 0.25) is 0 Å². The molecule has 0 spiro atoms. The van der Waals surface area contributed by atoms with Crippen LogP contribution in [0.2, 0.25) is 0 Å². The molecular formula is C3H8O3Si-2. The molecule has 0 amide bonds. The van der Waals surface area contributed by atoms with Gasteiger partial charge in [0, 0.05) is 9.17 Å². The molecule has 0 aromatic rings. The van der Waals surface area contributed by atoms with E-state index < -0.39 is 9.17 Å². The average molecular weight is 120 g/mol. The van der Waals surface area contributed by atoms with Crippen molar-refractivity contribution in [1.29, 1.82) is 0 Å². The third-order valence-electron chi connectivity index (χ3n) is 0. The van der Waals surface area contributed by atoms with Crippen molar-refractivity contribution in [3.63, 3.8) is 0 Å². The summed E-state index contributed by atoms with van der Waals surface area (Å²) in [6, 6.07) is 0. The van der Waals surface area contributed by atoms with E-state index in [-0.39, 0.29) is 0 Å². The molecule has 0 fully saturated rings. The van der Waals surface area contributed by atoms with Crippen molar-refractivity contribution in [2.24, 2.45) is 0 Å². The summed E-state index contributed by atoms with van der Waals surface area (Å²) in [6.45, 7) is 4.25. The van der Waals surface area contributed by atoms with Gasteiger partial charge in [0.25, 0.3) is 0 Å². The second-order valence-electron chi connectivity index (χ2n) is 0.957. The van der Waals surface area contributed by atoms with Crippen LogP contribution < -0.4 is 9.59 Å². The summed E-state index contributed by atoms with van der Waals surface area (Å²) < 4.78 is 8.52. The Kier molecular flexibility index (Phi) is 12.8. The van der Waals surface area contributed by atoms with Gasteiger partial charge >= 0.3 is 0 Å². The summed E-state index contributed by atoms with van der Waals surface area (Å²) in [4.78, 5) is 17.0. The third kappa shape index (κ3) is 501. The second kappa shape index (κ2) is 9.15. The topological polar surface area (TPSA) is 63.2 Å². The summed E-state index contributed by atoms with van der Waals surface area (Å²) in [6.07, 6.45) is 1.25. The van der Waals surface area contributed by atoms with Crippen LogP contribution in [-0.4, -0.2) is 9.17 Å². The molecule has 0 aromatic carbocycles. The zero-order valence-corrected chi connectivity index (χ0v) is 5.43. The molecule has 0 aliphatic rings. The first-order chi connectivity index (χ1) is 3.15. The lowest BCUT2D eigenvalue weighted by molar-refractivity contribution is -0.354. The van der Waals surface area contributed by atoms with Crippen molar-refractivity contribution in [2.45, 2.75) is 20.3 Å². The van der Waals surface area contributed by atoms with Crippen LogP contribution >= 0.6 is 0 Å². The fraction of sp³-hybridized carbons (Fsp3) is 1.00. The standard InChI is InChI=1S/C3H8.O3Si/c1-3-2;1-4(2)3/h3H2,1-2H3;/q;-2. The van der Waals surface area contributed by atoms with Gasteiger partial charge < -0.3 is 14.1 Å². The van der Waals surface area contributed by atoms with Crippen LogP contribution in [0.5, 0.6) is 0 Å². The molecule has 0 rings (SSSR count). The van der Waals surface area contributed by atoms with Crippen LogP contribution in [0.4, 0.5) is 0 Å². The maximum atomic E-state index is 8.52. The van der Waals surface area contributed by atoms with E-state index in [9.17, 15) is 0 Å². The molecular weight excluding hydrogens is 112 g/mol. The van der Waals surface area contributed by atoms with Crippen LogP contribution in [0.3, 0.4) is 0 Å². The molecule has 0 unspecified atom stereocenters. The smallest absolute Gasteiger partial charge is 0.0172 e. The Hall–Kier alpha value is -0.383. The van der Waals surface area contributed by atoms with Crippen LogP contribution in [-0.2, 0) is 4.46 Å². The van der Waals surface area contributed by atoms with Crippen LogP contribution in [0.1, 0.15) is 20.3 Å². The largest absolute Gasteiger partial charge is 0.672 e. The summed E-state index contributed by atoms with van der Waals surface area (Å²) in [5.41, 5.74) is 0. The molecule has 0 aliphatic carbocycles. The first-order valence-electron chi connectivity index (χ1n) is 2.03. The predicted molar refractivity (Wildman–Crippen MR) is 22.4 cm³/mol. The zero-order chi connectivity index (χ0) is 6.28. The monoisotopic (exact) mass is 120 g/mol. The lowest BCUT2D eigenvalue weighted by Crippen LogP contribution is -2.34. The fourth-order valence-corrected chi connectivity index (χ4v) is 0. The Labute approximate surface area is 44.5 Å². The van der Waals surface area contributed by atoms with Gasteiger partial charge in [0.1, 0.15) is 0 Å². The molecule has 0 atom stereocenters. The van der Waals surface area contributed by atoms with Gasteiger partial charge in [-0.05, 0) is 0 Å². The summed E-state index contributed by atoms with van der Waals surface area (Å²) in [7, 11) is -3.63. The summed E-state index contributed by atoms with van der Waals surface area (Å²) >= 11 is 0. The minimum Gasteiger partial charge on any atom is -0.672 e. The summed E-state index contributed by atoms with van der Waals surface area (Å²) in [5, 5.41) is 0. The SMILES string of the molecule is CCC.O=[Si]([O-])[O-]. The highest BCUT2D eigenvalue weighted by atomic mass is 28.3. The van der Waals surface area contributed by atoms with E-state index in [1.54, 1.807) is 0 Å². The highest BCUT2D eigenvalue weighted by Crippen LogP contribution is 1.56. The Morgan fingerprint density at radius 2 is 1.43 bits per heavy atom. The van der Waals surface area contributed by atoms with Crippen LogP contribution in [0.25, 0.3) is 0 Å². The highest BCUT2D eigenvalue weighted by molar-refractivity contribution is 6.17. The first-order valence-corrected chi connectivity index (χ1v) is 3.25. The molecule has 3 nitrogen and oxygen atoms in total. The number of rotatable bonds is 0. The molecule has 0 saturated heterocycles. The molecule has 0 heterocycles. The Morgan fingerprint density at radius 3 is 1.43 bits per heavy atom. The van der Waals surface area contributed by atoms with E-state index in [1.807, 2.05) is 0 Å². The fourth-order valence-electron chi connectivity index (χ4n) is 0. The normalized spacial score (nSPS) is 6.00. The van der Waals surface area contributed by atoms with Gasteiger partial charge in [-0.25, -0.2) is 0 Å². The van der Waals surface area contributed by atoms with Crippen molar-refractivity contribution >= 4 is 9.17 Å². The van der Waals surface area contributed by atoms with E-state index in [0.29, 0.717) is 0 Å². The van der Waals surface area contributed by atoms with Gasteiger partial charge in [-0.2, -0.15) is 0 Å². The molecule has 7 heavy (non-hydrogen) atoms. The minimum atomic E-state index is -3.63. The Balaban J connectivity index is 0. The van der Waals surface area contributed by atoms with Gasteiger partial charge in [0.15, 0.2) is 0 Å². The van der Waals surface area contributed by atoms with Crippen LogP contribution in [0.15, 0.2) is 0 Å². The quantitative estimate of drug-likeness (QED) is 0.367. The molecule has 0 radical (unpaired) electrons. The van der Waals surface area contributed by atoms with Crippen molar-refractivity contribution in [3.8, 4) is 0 Å². The van der Waals surface area contributed by atoms with Crippen molar-refractivity contribution in [1.82, 2.24) is 0 Å². The third-order valence-corrected chi connectivity index (χ3v) is 0. The van der Waals surface area contributed by atoms with Gasteiger partial charge in [-0.15, -0.1) is 0 Å². The highest BCUT2D eigenvalue weighted by Gasteiger charge is 1.35. The van der Waals surface area contributed by atoms with Gasteiger partial charge in [0.05, 0.1) is 0 Å². The maximum absolute atomic E-state index is 8.52. The average Bonchev–Trinajstić information content (AvgIpc) is 1.33. The number of hydrogen-bond donors (Lipinski definition) is 0. The summed E-state index contributed by atoms with van der Waals surface area (Å²) in [5.74, 6) is 0. The molecule has 4 heteroatoms. The lowest BCUT2D eigenvalue weighted by Gasteiger charge is -1.94. The zero-order valence-electron chi connectivity index (χ0n) is 4.43. The van der Waals surface area contributed by atoms with Crippen LogP contribution in [0, 0.1) is 0 Å². The van der Waals surface area contributed by atoms with Crippen molar-refractivity contribution in [3.05, 3.63) is 0 Å². The number of hydrogen-bond acceptors (Lipinski definition) is 3. The molecule has 44 valence electrons. The van der Waals surface area contributed by atoms with E-state index in [1.165, 1.54) is 6.42 Å². The second-order valence-corrected chi connectivity index (χ2v) is 1.46. The van der Waals surface area contributed by atoms with E-state index in [2.05, 4.69) is 13.8 Å². The van der Waals surface area contributed by atoms with Gasteiger partial charge in [-0.1, -0.05) is 20.3 Å². The molecule has 0 N–H and O–H groups in total. The van der Waals surface area contributed by atoms with Gasteiger partial charge in [-0.3, -0.25) is 0 Å². The van der Waals surface area contributed by atoms with E-state index in [4.69, 9.17) is 14.1 Å². The Bertz CT molecular complexity index is 41.4. The minimum absolute atomic E-state index is 1.25. The molecule has 0 bridgehead atoms. The molecule has 0 aromatic heterocycles. The molecule has 0 saturated carbocycles. The lowest BCUT2D eigenvalue weighted by atomic mass is 10.6. The van der Waals surface area contributed by atoms with Crippen molar-refractivity contribution < 1.29 is 14.1 Å². The predicted octanol–water partition coefficient (Wildman–Crippen LogP) is -1.46. The molecule has 0 aliphatic heterocycles.